The highest BCUT2D eigenvalue weighted by atomic mass is 16.2. The molecular weight excluding hydrogens is 382 g/mol. The fraction of sp³-hybridized carbons (Fsp3) is 0.455. The average molecular weight is 409 g/mol. The molecule has 1 aromatic carbocycles. The van der Waals surface area contributed by atoms with Crippen LogP contribution in [0.3, 0.4) is 0 Å². The van der Waals surface area contributed by atoms with Crippen LogP contribution in [0, 0.1) is 5.92 Å². The van der Waals surface area contributed by atoms with Crippen molar-refractivity contribution in [3.63, 3.8) is 0 Å². The van der Waals surface area contributed by atoms with Crippen molar-refractivity contribution in [1.29, 1.82) is 0 Å². The van der Waals surface area contributed by atoms with Gasteiger partial charge >= 0.3 is 0 Å². The standard InChI is InChI=1S/C22H27N5O3/c1-15(20(28)23-13-16-8-9-16)24-21(29)18-12-19-22(30)26(10-5-11-27(19)25-18)14-17-6-3-2-4-7-17/h2-4,6-7,12,15-16H,5,8-11,13-14H2,1H3,(H,23,28)(H,24,29)/t15-/m1/s1. The Hall–Kier alpha value is -3.16. The molecule has 1 saturated carbocycles. The van der Waals surface area contributed by atoms with Gasteiger partial charge in [-0.25, -0.2) is 0 Å². The van der Waals surface area contributed by atoms with Gasteiger partial charge in [0, 0.05) is 32.2 Å². The number of carbonyl (C=O) groups is 3. The van der Waals surface area contributed by atoms with Crippen LogP contribution in [0.5, 0.6) is 0 Å². The number of hydrogen-bond acceptors (Lipinski definition) is 4. The molecule has 158 valence electrons. The van der Waals surface area contributed by atoms with E-state index in [-0.39, 0.29) is 17.5 Å². The van der Waals surface area contributed by atoms with Crippen LogP contribution >= 0.6 is 0 Å². The highest BCUT2D eigenvalue weighted by Gasteiger charge is 2.28. The van der Waals surface area contributed by atoms with E-state index >= 15 is 0 Å². The molecule has 1 aliphatic carbocycles. The summed E-state index contributed by atoms with van der Waals surface area (Å²) in [5.41, 5.74) is 1.61. The molecule has 8 nitrogen and oxygen atoms in total. The molecule has 1 aromatic heterocycles. The first-order valence-electron chi connectivity index (χ1n) is 10.5. The number of amides is 3. The lowest BCUT2D eigenvalue weighted by Crippen LogP contribution is -2.45. The normalized spacial score (nSPS) is 17.1. The Balaban J connectivity index is 1.41. The van der Waals surface area contributed by atoms with Gasteiger partial charge in [0.25, 0.3) is 11.8 Å². The van der Waals surface area contributed by atoms with Gasteiger partial charge in [-0.1, -0.05) is 30.3 Å². The maximum absolute atomic E-state index is 13.0. The minimum Gasteiger partial charge on any atom is -0.354 e. The summed E-state index contributed by atoms with van der Waals surface area (Å²) in [6.45, 7) is 4.02. The van der Waals surface area contributed by atoms with Crippen LogP contribution < -0.4 is 10.6 Å². The first-order chi connectivity index (χ1) is 14.5. The molecule has 8 heteroatoms. The van der Waals surface area contributed by atoms with E-state index in [1.54, 1.807) is 16.5 Å². The number of nitrogens with one attached hydrogen (secondary N) is 2. The highest BCUT2D eigenvalue weighted by Crippen LogP contribution is 2.27. The minimum absolute atomic E-state index is 0.141. The molecule has 3 amide bonds. The van der Waals surface area contributed by atoms with E-state index in [9.17, 15) is 14.4 Å². The maximum Gasteiger partial charge on any atom is 0.272 e. The van der Waals surface area contributed by atoms with Crippen LogP contribution in [0.25, 0.3) is 0 Å². The molecule has 0 radical (unpaired) electrons. The summed E-state index contributed by atoms with van der Waals surface area (Å²) in [6, 6.07) is 10.7. The second-order valence-electron chi connectivity index (χ2n) is 8.09. The fourth-order valence-corrected chi connectivity index (χ4v) is 3.56. The van der Waals surface area contributed by atoms with E-state index in [0.717, 1.165) is 24.8 Å². The molecule has 2 aliphatic rings. The first-order valence-corrected chi connectivity index (χ1v) is 10.5. The Morgan fingerprint density at radius 2 is 1.97 bits per heavy atom. The zero-order valence-corrected chi connectivity index (χ0v) is 17.1. The summed E-state index contributed by atoms with van der Waals surface area (Å²) in [5, 5.41) is 9.86. The lowest BCUT2D eigenvalue weighted by molar-refractivity contribution is -0.122. The summed E-state index contributed by atoms with van der Waals surface area (Å²) in [6.07, 6.45) is 3.06. The molecule has 2 aromatic rings. The van der Waals surface area contributed by atoms with Crippen molar-refractivity contribution in [3.05, 3.63) is 53.3 Å². The average Bonchev–Trinajstić information content (AvgIpc) is 3.50. The van der Waals surface area contributed by atoms with Crippen LogP contribution in [0.2, 0.25) is 0 Å². The molecule has 30 heavy (non-hydrogen) atoms. The summed E-state index contributed by atoms with van der Waals surface area (Å²) in [4.78, 5) is 39.6. The summed E-state index contributed by atoms with van der Waals surface area (Å²) in [7, 11) is 0. The van der Waals surface area contributed by atoms with E-state index in [0.29, 0.717) is 37.8 Å². The van der Waals surface area contributed by atoms with Crippen molar-refractivity contribution in [3.8, 4) is 0 Å². The maximum atomic E-state index is 13.0. The number of rotatable bonds is 7. The molecule has 1 aliphatic heterocycles. The summed E-state index contributed by atoms with van der Waals surface area (Å²) < 4.78 is 1.60. The second kappa shape index (κ2) is 8.69. The largest absolute Gasteiger partial charge is 0.354 e. The van der Waals surface area contributed by atoms with Crippen LogP contribution in [0.1, 0.15) is 52.7 Å². The number of carbonyl (C=O) groups excluding carboxylic acids is 3. The lowest BCUT2D eigenvalue weighted by Gasteiger charge is -2.20. The Morgan fingerprint density at radius 3 is 2.70 bits per heavy atom. The third kappa shape index (κ3) is 4.69. The van der Waals surface area contributed by atoms with E-state index in [1.807, 2.05) is 30.3 Å². The molecule has 1 fully saturated rings. The Labute approximate surface area is 175 Å². The number of benzene rings is 1. The van der Waals surface area contributed by atoms with Gasteiger partial charge in [-0.15, -0.1) is 0 Å². The number of aryl methyl sites for hydroxylation is 1. The zero-order valence-electron chi connectivity index (χ0n) is 17.1. The molecule has 2 N–H and O–H groups in total. The third-order valence-corrected chi connectivity index (χ3v) is 5.54. The molecule has 2 heterocycles. The molecular formula is C22H27N5O3. The quantitative estimate of drug-likeness (QED) is 0.726. The smallest absolute Gasteiger partial charge is 0.272 e. The predicted octanol–water partition coefficient (Wildman–Crippen LogP) is 1.57. The zero-order chi connectivity index (χ0) is 21.1. The van der Waals surface area contributed by atoms with Crippen molar-refractivity contribution >= 4 is 17.7 Å². The lowest BCUT2D eigenvalue weighted by atomic mass is 10.2. The van der Waals surface area contributed by atoms with Crippen molar-refractivity contribution in [2.45, 2.75) is 45.3 Å². The monoisotopic (exact) mass is 409 g/mol. The molecule has 0 spiro atoms. The Morgan fingerprint density at radius 1 is 1.20 bits per heavy atom. The van der Waals surface area contributed by atoms with Crippen LogP contribution in [0.15, 0.2) is 36.4 Å². The first kappa shape index (κ1) is 20.1. The number of nitrogens with zero attached hydrogens (tertiary/aromatic N) is 3. The fourth-order valence-electron chi connectivity index (χ4n) is 3.56. The van der Waals surface area contributed by atoms with Gasteiger partial charge in [0.2, 0.25) is 5.91 Å². The van der Waals surface area contributed by atoms with E-state index in [4.69, 9.17) is 0 Å². The van der Waals surface area contributed by atoms with Gasteiger partial charge in [0.1, 0.15) is 11.7 Å². The van der Waals surface area contributed by atoms with Gasteiger partial charge in [0.15, 0.2) is 5.69 Å². The number of hydrogen-bond donors (Lipinski definition) is 2. The molecule has 0 unspecified atom stereocenters. The van der Waals surface area contributed by atoms with E-state index < -0.39 is 11.9 Å². The van der Waals surface area contributed by atoms with Gasteiger partial charge in [-0.05, 0) is 37.7 Å². The van der Waals surface area contributed by atoms with Gasteiger partial charge in [-0.3, -0.25) is 19.1 Å². The Kier molecular flexibility index (Phi) is 5.83. The second-order valence-corrected chi connectivity index (χ2v) is 8.09. The predicted molar refractivity (Wildman–Crippen MR) is 111 cm³/mol. The highest BCUT2D eigenvalue weighted by molar-refractivity contribution is 5.99. The van der Waals surface area contributed by atoms with Crippen LogP contribution in [-0.2, 0) is 17.9 Å². The molecule has 0 saturated heterocycles. The number of aromatic nitrogens is 2. The van der Waals surface area contributed by atoms with E-state index in [1.165, 1.54) is 6.07 Å². The molecule has 4 rings (SSSR count). The van der Waals surface area contributed by atoms with Gasteiger partial charge < -0.3 is 15.5 Å². The van der Waals surface area contributed by atoms with E-state index in [2.05, 4.69) is 15.7 Å². The van der Waals surface area contributed by atoms with Crippen LogP contribution in [-0.4, -0.2) is 51.5 Å². The van der Waals surface area contributed by atoms with Crippen molar-refractivity contribution < 1.29 is 14.4 Å². The third-order valence-electron chi connectivity index (χ3n) is 5.54. The van der Waals surface area contributed by atoms with Crippen molar-refractivity contribution in [2.24, 2.45) is 5.92 Å². The van der Waals surface area contributed by atoms with Crippen LogP contribution in [0.4, 0.5) is 0 Å². The Bertz CT molecular complexity index is 936. The summed E-state index contributed by atoms with van der Waals surface area (Å²) >= 11 is 0. The van der Waals surface area contributed by atoms with Crippen molar-refractivity contribution in [1.82, 2.24) is 25.3 Å². The molecule has 1 atom stereocenters. The molecule has 0 bridgehead atoms. The summed E-state index contributed by atoms with van der Waals surface area (Å²) in [5.74, 6) is -0.225. The van der Waals surface area contributed by atoms with Crippen molar-refractivity contribution in [2.75, 3.05) is 13.1 Å². The minimum atomic E-state index is -0.664. The number of fused-ring (bicyclic) bond motifs is 1. The van der Waals surface area contributed by atoms with Gasteiger partial charge in [0.05, 0.1) is 0 Å². The topological polar surface area (TPSA) is 96.3 Å². The van der Waals surface area contributed by atoms with Gasteiger partial charge in [-0.2, -0.15) is 5.10 Å². The SMILES string of the molecule is C[C@@H](NC(=O)c1cc2n(n1)CCCN(Cc1ccccc1)C2=O)C(=O)NCC1CC1.